The third kappa shape index (κ3) is 3.48. The van der Waals surface area contributed by atoms with Gasteiger partial charge in [0.1, 0.15) is 9.77 Å². The minimum atomic E-state index is -3.64. The molecule has 3 aliphatic rings. The molecule has 3 fully saturated rings. The molecule has 3 heterocycles. The molecule has 1 amide bonds. The van der Waals surface area contributed by atoms with Gasteiger partial charge in [0.2, 0.25) is 10.0 Å². The maximum absolute atomic E-state index is 12.9. The number of piperazine rings is 1. The summed E-state index contributed by atoms with van der Waals surface area (Å²) >= 11 is 1.22. The average Bonchev–Trinajstić information content (AvgIpc) is 3.38. The number of hydrogen-bond donors (Lipinski definition) is 0. The van der Waals surface area contributed by atoms with E-state index in [1.807, 2.05) is 0 Å². The second kappa shape index (κ2) is 6.96. The summed E-state index contributed by atoms with van der Waals surface area (Å²) in [5.41, 5.74) is 0. The van der Waals surface area contributed by atoms with Crippen molar-refractivity contribution >= 4 is 27.3 Å². The van der Waals surface area contributed by atoms with Gasteiger partial charge in [-0.15, -0.1) is 11.3 Å². The molecule has 9 heteroatoms. The Morgan fingerprint density at radius 3 is 2.40 bits per heavy atom. The lowest BCUT2D eigenvalue weighted by molar-refractivity contribution is 0.0627. The number of ether oxygens (including phenoxy) is 1. The average molecular weight is 386 g/mol. The summed E-state index contributed by atoms with van der Waals surface area (Å²) in [6.45, 7) is 4.58. The second-order valence-corrected chi connectivity index (χ2v) is 9.51. The molecule has 1 aliphatic carbocycles. The van der Waals surface area contributed by atoms with Gasteiger partial charge in [-0.3, -0.25) is 9.69 Å². The lowest BCUT2D eigenvalue weighted by atomic mass is 10.3. The van der Waals surface area contributed by atoms with Gasteiger partial charge in [0.25, 0.3) is 5.91 Å². The van der Waals surface area contributed by atoms with Crippen LogP contribution in [0.1, 0.15) is 22.5 Å². The molecule has 138 valence electrons. The fraction of sp³-hybridized carbons (Fsp3) is 0.688. The van der Waals surface area contributed by atoms with E-state index in [4.69, 9.17) is 4.74 Å². The van der Waals surface area contributed by atoms with Crippen LogP contribution in [-0.2, 0) is 14.8 Å². The summed E-state index contributed by atoms with van der Waals surface area (Å²) in [5, 5.41) is 1.70. The maximum Gasteiger partial charge on any atom is 0.265 e. The van der Waals surface area contributed by atoms with Crippen LogP contribution in [-0.4, -0.2) is 87.0 Å². The normalized spacial score (nSPS) is 23.8. The van der Waals surface area contributed by atoms with Crippen LogP contribution in [0.4, 0.5) is 0 Å². The molecule has 1 aromatic rings. The second-order valence-electron chi connectivity index (χ2n) is 6.69. The molecule has 0 spiro atoms. The van der Waals surface area contributed by atoms with E-state index in [0.717, 1.165) is 13.1 Å². The highest BCUT2D eigenvalue weighted by atomic mass is 32.2. The van der Waals surface area contributed by atoms with E-state index in [1.165, 1.54) is 28.5 Å². The van der Waals surface area contributed by atoms with Crippen LogP contribution in [0.15, 0.2) is 16.3 Å². The maximum atomic E-state index is 12.9. The number of amides is 1. The van der Waals surface area contributed by atoms with Crippen LogP contribution >= 0.6 is 11.3 Å². The van der Waals surface area contributed by atoms with E-state index in [1.54, 1.807) is 16.3 Å². The van der Waals surface area contributed by atoms with E-state index in [0.29, 0.717) is 50.3 Å². The molecule has 2 saturated heterocycles. The number of thiophene rings is 1. The predicted octanol–water partition coefficient (Wildman–Crippen LogP) is 0.689. The Labute approximate surface area is 152 Å². The van der Waals surface area contributed by atoms with Gasteiger partial charge in [-0.25, -0.2) is 8.42 Å². The fourth-order valence-electron chi connectivity index (χ4n) is 3.46. The highest BCUT2D eigenvalue weighted by molar-refractivity contribution is 7.89. The molecule has 0 atom stereocenters. The van der Waals surface area contributed by atoms with Gasteiger partial charge in [0.15, 0.2) is 0 Å². The van der Waals surface area contributed by atoms with Crippen LogP contribution in [0, 0.1) is 0 Å². The lowest BCUT2D eigenvalue weighted by Gasteiger charge is -2.35. The number of hydrogen-bond acceptors (Lipinski definition) is 6. The van der Waals surface area contributed by atoms with Gasteiger partial charge in [0, 0.05) is 45.3 Å². The topological polar surface area (TPSA) is 70.2 Å². The molecule has 0 radical (unpaired) electrons. The van der Waals surface area contributed by atoms with E-state index in [-0.39, 0.29) is 10.8 Å². The van der Waals surface area contributed by atoms with Crippen LogP contribution in [0.25, 0.3) is 0 Å². The van der Waals surface area contributed by atoms with Gasteiger partial charge >= 0.3 is 0 Å². The van der Waals surface area contributed by atoms with Gasteiger partial charge in [-0.1, -0.05) is 0 Å². The Morgan fingerprint density at radius 1 is 1.08 bits per heavy atom. The quantitative estimate of drug-likeness (QED) is 0.763. The standard InChI is InChI=1S/C16H23N3O4S2/c20-16(18-6-4-17(5-7-18)13-1-2-13)15-14(3-12-24-15)25(21,22)19-8-10-23-11-9-19/h3,12-13H,1-2,4-11H2. The van der Waals surface area contributed by atoms with Crippen molar-refractivity contribution < 1.29 is 17.9 Å². The van der Waals surface area contributed by atoms with E-state index >= 15 is 0 Å². The molecule has 0 N–H and O–H groups in total. The van der Waals surface area contributed by atoms with Crippen molar-refractivity contribution in [2.24, 2.45) is 0 Å². The highest BCUT2D eigenvalue weighted by Crippen LogP contribution is 2.30. The van der Waals surface area contributed by atoms with E-state index < -0.39 is 10.0 Å². The number of sulfonamides is 1. The highest BCUT2D eigenvalue weighted by Gasteiger charge is 2.35. The zero-order valence-corrected chi connectivity index (χ0v) is 15.7. The number of rotatable bonds is 4. The molecular weight excluding hydrogens is 362 g/mol. The van der Waals surface area contributed by atoms with Crippen LogP contribution in [0.3, 0.4) is 0 Å². The summed E-state index contributed by atoms with van der Waals surface area (Å²) in [5.74, 6) is -0.155. The SMILES string of the molecule is O=C(c1sccc1S(=O)(=O)N1CCOCC1)N1CCN(C2CC2)CC1. The molecule has 0 bridgehead atoms. The first kappa shape index (κ1) is 17.4. The van der Waals surface area contributed by atoms with Crippen molar-refractivity contribution in [1.82, 2.24) is 14.1 Å². The molecule has 2 aliphatic heterocycles. The third-order valence-electron chi connectivity index (χ3n) is 5.08. The van der Waals surface area contributed by atoms with Gasteiger partial charge in [-0.2, -0.15) is 4.31 Å². The van der Waals surface area contributed by atoms with Gasteiger partial charge < -0.3 is 9.64 Å². The Kier molecular flexibility index (Phi) is 4.85. The third-order valence-corrected chi connectivity index (χ3v) is 8.05. The number of carbonyl (C=O) groups excluding carboxylic acids is 1. The summed E-state index contributed by atoms with van der Waals surface area (Å²) in [6.07, 6.45) is 2.53. The van der Waals surface area contributed by atoms with Crippen LogP contribution in [0.2, 0.25) is 0 Å². The Hall–Kier alpha value is -1.00. The molecule has 1 aromatic heterocycles. The fourth-order valence-corrected chi connectivity index (χ4v) is 6.23. The van der Waals surface area contributed by atoms with Crippen molar-refractivity contribution in [2.75, 3.05) is 52.5 Å². The number of nitrogens with zero attached hydrogens (tertiary/aromatic N) is 3. The van der Waals surface area contributed by atoms with Gasteiger partial charge in [0.05, 0.1) is 13.2 Å². The molecular formula is C16H23N3O4S2. The van der Waals surface area contributed by atoms with E-state index in [2.05, 4.69) is 4.90 Å². The summed E-state index contributed by atoms with van der Waals surface area (Å²) in [6, 6.07) is 2.26. The smallest absolute Gasteiger partial charge is 0.265 e. The molecule has 0 unspecified atom stereocenters. The molecule has 7 nitrogen and oxygen atoms in total. The van der Waals surface area contributed by atoms with E-state index in [9.17, 15) is 13.2 Å². The monoisotopic (exact) mass is 385 g/mol. The number of carbonyl (C=O) groups is 1. The Morgan fingerprint density at radius 2 is 1.76 bits per heavy atom. The van der Waals surface area contributed by atoms with Crippen molar-refractivity contribution in [3.63, 3.8) is 0 Å². The molecule has 4 rings (SSSR count). The minimum Gasteiger partial charge on any atom is -0.379 e. The first-order valence-electron chi connectivity index (χ1n) is 8.76. The van der Waals surface area contributed by atoms with Crippen molar-refractivity contribution in [3.8, 4) is 0 Å². The van der Waals surface area contributed by atoms with Crippen LogP contribution < -0.4 is 0 Å². The summed E-state index contributed by atoms with van der Waals surface area (Å²) in [4.78, 5) is 17.6. The zero-order valence-electron chi connectivity index (χ0n) is 14.1. The largest absolute Gasteiger partial charge is 0.379 e. The predicted molar refractivity (Wildman–Crippen MR) is 94.4 cm³/mol. The Balaban J connectivity index is 1.49. The lowest BCUT2D eigenvalue weighted by Crippen LogP contribution is -2.49. The summed E-state index contributed by atoms with van der Waals surface area (Å²) < 4.78 is 32.5. The molecule has 1 saturated carbocycles. The zero-order chi connectivity index (χ0) is 17.4. The van der Waals surface area contributed by atoms with Crippen LogP contribution in [0.5, 0.6) is 0 Å². The molecule has 0 aromatic carbocycles. The Bertz CT molecular complexity index is 730. The van der Waals surface area contributed by atoms with Crippen molar-refractivity contribution in [1.29, 1.82) is 0 Å². The first-order chi connectivity index (χ1) is 12.1. The minimum absolute atomic E-state index is 0.147. The van der Waals surface area contributed by atoms with Gasteiger partial charge in [-0.05, 0) is 24.3 Å². The van der Waals surface area contributed by atoms with Crippen molar-refractivity contribution in [2.45, 2.75) is 23.8 Å². The number of morpholine rings is 1. The first-order valence-corrected chi connectivity index (χ1v) is 11.1. The summed E-state index contributed by atoms with van der Waals surface area (Å²) in [7, 11) is -3.64. The van der Waals surface area contributed by atoms with Crippen molar-refractivity contribution in [3.05, 3.63) is 16.3 Å². The molecule has 25 heavy (non-hydrogen) atoms.